The molecule has 0 saturated heterocycles. The molecule has 0 spiro atoms. The van der Waals surface area contributed by atoms with E-state index in [1.807, 2.05) is 27.0 Å². The standard InChI is InChI=1S/C13H16F2N4/c1-13(2,3)19-8-10(17-18-19)7-16-9-4-5-11(14)12(15)6-9/h4-6,8,16H,7H2,1-3H3. The number of nitrogens with one attached hydrogen (secondary N) is 1. The summed E-state index contributed by atoms with van der Waals surface area (Å²) < 4.78 is 27.5. The van der Waals surface area contributed by atoms with Gasteiger partial charge in [-0.25, -0.2) is 13.5 Å². The van der Waals surface area contributed by atoms with E-state index in [4.69, 9.17) is 0 Å². The Morgan fingerprint density at radius 1 is 1.21 bits per heavy atom. The molecule has 0 radical (unpaired) electrons. The van der Waals surface area contributed by atoms with Crippen LogP contribution in [0.25, 0.3) is 0 Å². The van der Waals surface area contributed by atoms with Crippen molar-refractivity contribution in [2.75, 3.05) is 5.32 Å². The third-order valence-electron chi connectivity index (χ3n) is 2.62. The van der Waals surface area contributed by atoms with Crippen LogP contribution >= 0.6 is 0 Å². The average Bonchev–Trinajstić information content (AvgIpc) is 2.79. The summed E-state index contributed by atoms with van der Waals surface area (Å²) in [6.45, 7) is 6.47. The van der Waals surface area contributed by atoms with Gasteiger partial charge in [0, 0.05) is 11.8 Å². The maximum atomic E-state index is 13.0. The molecule has 19 heavy (non-hydrogen) atoms. The third kappa shape index (κ3) is 3.27. The zero-order chi connectivity index (χ0) is 14.0. The van der Waals surface area contributed by atoms with E-state index in [-0.39, 0.29) is 5.54 Å². The molecule has 0 unspecified atom stereocenters. The van der Waals surface area contributed by atoms with E-state index in [0.29, 0.717) is 12.2 Å². The lowest BCUT2D eigenvalue weighted by Gasteiger charge is -2.17. The molecule has 0 saturated carbocycles. The molecule has 1 N–H and O–H groups in total. The van der Waals surface area contributed by atoms with Crippen molar-refractivity contribution in [2.24, 2.45) is 0 Å². The summed E-state index contributed by atoms with van der Waals surface area (Å²) >= 11 is 0. The summed E-state index contributed by atoms with van der Waals surface area (Å²) in [5.41, 5.74) is 1.11. The molecular formula is C13H16F2N4. The molecular weight excluding hydrogens is 250 g/mol. The van der Waals surface area contributed by atoms with Crippen LogP contribution in [-0.2, 0) is 12.1 Å². The monoisotopic (exact) mass is 266 g/mol. The predicted octanol–water partition coefficient (Wildman–Crippen LogP) is 2.92. The summed E-state index contributed by atoms with van der Waals surface area (Å²) in [7, 11) is 0. The molecule has 4 nitrogen and oxygen atoms in total. The van der Waals surface area contributed by atoms with Crippen LogP contribution in [0, 0.1) is 11.6 Å². The predicted molar refractivity (Wildman–Crippen MR) is 68.7 cm³/mol. The Labute approximate surface area is 110 Å². The van der Waals surface area contributed by atoms with E-state index in [2.05, 4.69) is 15.6 Å². The highest BCUT2D eigenvalue weighted by Gasteiger charge is 2.14. The number of nitrogens with zero attached hydrogens (tertiary/aromatic N) is 3. The summed E-state index contributed by atoms with van der Waals surface area (Å²) in [6, 6.07) is 3.68. The molecule has 1 aromatic heterocycles. The molecule has 6 heteroatoms. The number of hydrogen-bond donors (Lipinski definition) is 1. The van der Waals surface area contributed by atoms with Gasteiger partial charge in [0.2, 0.25) is 0 Å². The average molecular weight is 266 g/mol. The normalized spacial score (nSPS) is 11.6. The van der Waals surface area contributed by atoms with Gasteiger partial charge in [-0.1, -0.05) is 5.21 Å². The van der Waals surface area contributed by atoms with Crippen LogP contribution in [-0.4, -0.2) is 15.0 Å². The highest BCUT2D eigenvalue weighted by molar-refractivity contribution is 5.43. The number of halogens is 2. The Balaban J connectivity index is 2.02. The molecule has 102 valence electrons. The van der Waals surface area contributed by atoms with Gasteiger partial charge in [-0.05, 0) is 32.9 Å². The van der Waals surface area contributed by atoms with Crippen LogP contribution in [0.5, 0.6) is 0 Å². The van der Waals surface area contributed by atoms with Crippen molar-refractivity contribution in [3.05, 3.63) is 41.7 Å². The van der Waals surface area contributed by atoms with Gasteiger partial charge in [0.1, 0.15) is 5.69 Å². The van der Waals surface area contributed by atoms with Crippen LogP contribution in [0.3, 0.4) is 0 Å². The summed E-state index contributed by atoms with van der Waals surface area (Å²) in [4.78, 5) is 0. The number of rotatable bonds is 3. The Bertz CT molecular complexity index is 572. The number of benzene rings is 1. The van der Waals surface area contributed by atoms with E-state index in [1.165, 1.54) is 6.07 Å². The summed E-state index contributed by atoms with van der Waals surface area (Å²) in [6.07, 6.45) is 1.83. The first kappa shape index (κ1) is 13.5. The highest BCUT2D eigenvalue weighted by Crippen LogP contribution is 2.15. The molecule has 2 rings (SSSR count). The topological polar surface area (TPSA) is 42.7 Å². The van der Waals surface area contributed by atoms with Crippen LogP contribution in [0.1, 0.15) is 26.5 Å². The minimum absolute atomic E-state index is 0.132. The van der Waals surface area contributed by atoms with Crippen LogP contribution in [0.2, 0.25) is 0 Å². The zero-order valence-corrected chi connectivity index (χ0v) is 11.1. The molecule has 0 amide bonds. The van der Waals surface area contributed by atoms with Crippen molar-refractivity contribution in [3.63, 3.8) is 0 Å². The maximum Gasteiger partial charge on any atom is 0.160 e. The van der Waals surface area contributed by atoms with Gasteiger partial charge >= 0.3 is 0 Å². The van der Waals surface area contributed by atoms with Crippen molar-refractivity contribution < 1.29 is 8.78 Å². The van der Waals surface area contributed by atoms with Gasteiger partial charge in [-0.3, -0.25) is 0 Å². The Morgan fingerprint density at radius 2 is 1.95 bits per heavy atom. The SMILES string of the molecule is CC(C)(C)n1cc(CNc2ccc(F)c(F)c2)nn1. The third-order valence-corrected chi connectivity index (χ3v) is 2.62. The largest absolute Gasteiger partial charge is 0.379 e. The first-order valence-corrected chi connectivity index (χ1v) is 5.97. The summed E-state index contributed by atoms with van der Waals surface area (Å²) in [5, 5.41) is 11.0. The van der Waals surface area contributed by atoms with Gasteiger partial charge in [0.05, 0.1) is 18.3 Å². The lowest BCUT2D eigenvalue weighted by Crippen LogP contribution is -2.22. The van der Waals surface area contributed by atoms with E-state index in [9.17, 15) is 8.78 Å². The van der Waals surface area contributed by atoms with Crippen molar-refractivity contribution in [1.29, 1.82) is 0 Å². The van der Waals surface area contributed by atoms with Crippen LogP contribution in [0.15, 0.2) is 24.4 Å². The molecule has 0 aliphatic carbocycles. The Hall–Kier alpha value is -1.98. The quantitative estimate of drug-likeness (QED) is 0.928. The Morgan fingerprint density at radius 3 is 2.53 bits per heavy atom. The molecule has 0 aliphatic heterocycles. The smallest absolute Gasteiger partial charge is 0.160 e. The zero-order valence-electron chi connectivity index (χ0n) is 11.1. The molecule has 1 aromatic carbocycles. The molecule has 0 atom stereocenters. The van der Waals surface area contributed by atoms with E-state index in [0.717, 1.165) is 17.8 Å². The van der Waals surface area contributed by atoms with Crippen molar-refractivity contribution in [1.82, 2.24) is 15.0 Å². The molecule has 2 aromatic rings. The highest BCUT2D eigenvalue weighted by atomic mass is 19.2. The minimum Gasteiger partial charge on any atom is -0.379 e. The van der Waals surface area contributed by atoms with Gasteiger partial charge in [-0.2, -0.15) is 0 Å². The number of hydrogen-bond acceptors (Lipinski definition) is 3. The second-order valence-corrected chi connectivity index (χ2v) is 5.31. The fourth-order valence-electron chi connectivity index (χ4n) is 1.51. The van der Waals surface area contributed by atoms with Crippen LogP contribution < -0.4 is 5.32 Å². The fourth-order valence-corrected chi connectivity index (χ4v) is 1.51. The lowest BCUT2D eigenvalue weighted by molar-refractivity contribution is 0.347. The van der Waals surface area contributed by atoms with E-state index >= 15 is 0 Å². The van der Waals surface area contributed by atoms with Crippen LogP contribution in [0.4, 0.5) is 14.5 Å². The van der Waals surface area contributed by atoms with E-state index in [1.54, 1.807) is 4.68 Å². The molecule has 0 fully saturated rings. The first-order valence-electron chi connectivity index (χ1n) is 5.97. The maximum absolute atomic E-state index is 13.0. The molecule has 0 bridgehead atoms. The van der Waals surface area contributed by atoms with Gasteiger partial charge in [0.15, 0.2) is 11.6 Å². The van der Waals surface area contributed by atoms with Crippen molar-refractivity contribution in [3.8, 4) is 0 Å². The Kier molecular flexibility index (Phi) is 3.50. The van der Waals surface area contributed by atoms with Crippen molar-refractivity contribution in [2.45, 2.75) is 32.9 Å². The number of anilines is 1. The van der Waals surface area contributed by atoms with Gasteiger partial charge in [0.25, 0.3) is 0 Å². The van der Waals surface area contributed by atoms with E-state index < -0.39 is 11.6 Å². The fraction of sp³-hybridized carbons (Fsp3) is 0.385. The molecule has 1 heterocycles. The van der Waals surface area contributed by atoms with Gasteiger partial charge < -0.3 is 5.32 Å². The summed E-state index contributed by atoms with van der Waals surface area (Å²) in [5.74, 6) is -1.73. The number of aromatic nitrogens is 3. The second kappa shape index (κ2) is 4.95. The lowest BCUT2D eigenvalue weighted by atomic mass is 10.1. The van der Waals surface area contributed by atoms with Crippen molar-refractivity contribution >= 4 is 5.69 Å². The molecule has 0 aliphatic rings. The minimum atomic E-state index is -0.872. The second-order valence-electron chi connectivity index (χ2n) is 5.31. The van der Waals surface area contributed by atoms with Gasteiger partial charge in [-0.15, -0.1) is 5.10 Å². The first-order chi connectivity index (χ1) is 8.86.